The van der Waals surface area contributed by atoms with Crippen molar-refractivity contribution in [2.75, 3.05) is 7.11 Å². The van der Waals surface area contributed by atoms with Gasteiger partial charge in [-0.05, 0) is 25.8 Å². The van der Waals surface area contributed by atoms with Crippen molar-refractivity contribution in [2.24, 2.45) is 0 Å². The van der Waals surface area contributed by atoms with Crippen LogP contribution >= 0.6 is 0 Å². The van der Waals surface area contributed by atoms with E-state index >= 15 is 0 Å². The molecule has 0 spiro atoms. The van der Waals surface area contributed by atoms with Gasteiger partial charge in [0.05, 0.1) is 12.0 Å². The highest BCUT2D eigenvalue weighted by Crippen LogP contribution is 2.25. The fourth-order valence-corrected chi connectivity index (χ4v) is 2.64. The molecule has 1 fully saturated rings. The van der Waals surface area contributed by atoms with Gasteiger partial charge in [-0.1, -0.05) is 12.8 Å². The summed E-state index contributed by atoms with van der Waals surface area (Å²) in [5.74, 6) is -1.07. The Morgan fingerprint density at radius 3 is 2.58 bits per heavy atom. The number of methoxy groups -OCH3 is 1. The van der Waals surface area contributed by atoms with Gasteiger partial charge in [0.2, 0.25) is 0 Å². The van der Waals surface area contributed by atoms with Gasteiger partial charge in [-0.2, -0.15) is 0 Å². The van der Waals surface area contributed by atoms with Crippen LogP contribution < -0.4 is 10.1 Å². The van der Waals surface area contributed by atoms with E-state index in [1.165, 1.54) is 26.2 Å². The van der Waals surface area contributed by atoms with Crippen LogP contribution in [-0.4, -0.2) is 36.1 Å². The molecule has 0 bridgehead atoms. The zero-order chi connectivity index (χ0) is 17.7. The number of hydrogen-bond acceptors (Lipinski definition) is 6. The third-order valence-electron chi connectivity index (χ3n) is 3.97. The van der Waals surface area contributed by atoms with Crippen LogP contribution in [0.4, 0.5) is 5.69 Å². The fraction of sp³-hybridized carbons (Fsp3) is 0.500. The van der Waals surface area contributed by atoms with Gasteiger partial charge in [-0.25, -0.2) is 4.79 Å². The topological polar surface area (TPSA) is 108 Å². The Labute approximate surface area is 139 Å². The van der Waals surface area contributed by atoms with E-state index in [4.69, 9.17) is 9.47 Å². The van der Waals surface area contributed by atoms with Crippen molar-refractivity contribution in [1.82, 2.24) is 5.32 Å². The summed E-state index contributed by atoms with van der Waals surface area (Å²) in [6.45, 7) is 1.46. The van der Waals surface area contributed by atoms with Crippen molar-refractivity contribution >= 4 is 17.6 Å². The summed E-state index contributed by atoms with van der Waals surface area (Å²) in [7, 11) is 1.34. The van der Waals surface area contributed by atoms with Gasteiger partial charge in [0.1, 0.15) is 11.3 Å². The van der Waals surface area contributed by atoms with Gasteiger partial charge < -0.3 is 14.8 Å². The maximum absolute atomic E-state index is 12.2. The van der Waals surface area contributed by atoms with Crippen molar-refractivity contribution in [1.29, 1.82) is 0 Å². The van der Waals surface area contributed by atoms with E-state index < -0.39 is 17.0 Å². The van der Waals surface area contributed by atoms with Gasteiger partial charge in [-0.15, -0.1) is 0 Å². The van der Waals surface area contributed by atoms with Crippen LogP contribution in [0.5, 0.6) is 5.75 Å². The standard InChI is InChI=1S/C16H20N2O6/c1-10(15(19)17-11-5-3-4-6-11)24-16(20)13-9-12(18(21)22)7-8-14(13)23-2/h7-11H,3-6H2,1-2H3,(H,17,19)/t10-/m0/s1. The van der Waals surface area contributed by atoms with Crippen molar-refractivity contribution in [3.05, 3.63) is 33.9 Å². The second-order valence-corrected chi connectivity index (χ2v) is 5.68. The molecule has 0 unspecified atom stereocenters. The fourth-order valence-electron chi connectivity index (χ4n) is 2.64. The van der Waals surface area contributed by atoms with Crippen molar-refractivity contribution in [3.63, 3.8) is 0 Å². The average Bonchev–Trinajstić information content (AvgIpc) is 3.06. The number of nitrogens with zero attached hydrogens (tertiary/aromatic N) is 1. The minimum absolute atomic E-state index is 0.0905. The highest BCUT2D eigenvalue weighted by molar-refractivity contribution is 5.95. The first-order valence-electron chi connectivity index (χ1n) is 7.76. The monoisotopic (exact) mass is 336 g/mol. The average molecular weight is 336 g/mol. The molecule has 130 valence electrons. The van der Waals surface area contributed by atoms with E-state index in [1.54, 1.807) is 0 Å². The summed E-state index contributed by atoms with van der Waals surface area (Å²) in [6, 6.07) is 3.73. The van der Waals surface area contributed by atoms with Crippen molar-refractivity contribution in [3.8, 4) is 5.75 Å². The highest BCUT2D eigenvalue weighted by atomic mass is 16.6. The molecule has 1 N–H and O–H groups in total. The summed E-state index contributed by atoms with van der Waals surface area (Å²) in [5, 5.41) is 13.7. The number of nitro groups is 1. The number of carbonyl (C=O) groups is 2. The third-order valence-corrected chi connectivity index (χ3v) is 3.97. The number of hydrogen-bond donors (Lipinski definition) is 1. The quantitative estimate of drug-likeness (QED) is 0.485. The molecule has 2 rings (SSSR count). The molecule has 1 aromatic rings. The first kappa shape index (κ1) is 17.7. The molecule has 1 aliphatic rings. The number of non-ortho nitro benzene ring substituents is 1. The Morgan fingerprint density at radius 1 is 1.33 bits per heavy atom. The van der Waals surface area contributed by atoms with E-state index in [0.29, 0.717) is 0 Å². The maximum Gasteiger partial charge on any atom is 0.342 e. The third kappa shape index (κ3) is 4.21. The number of ether oxygens (including phenoxy) is 2. The number of rotatable bonds is 6. The van der Waals surface area contributed by atoms with Gasteiger partial charge >= 0.3 is 5.97 Å². The molecular weight excluding hydrogens is 316 g/mol. The van der Waals surface area contributed by atoms with Crippen LogP contribution in [-0.2, 0) is 9.53 Å². The second kappa shape index (κ2) is 7.76. The molecule has 0 heterocycles. The summed E-state index contributed by atoms with van der Waals surface area (Å²) < 4.78 is 10.2. The molecule has 1 amide bonds. The predicted octanol–water partition coefficient (Wildman–Crippen LogP) is 2.21. The Morgan fingerprint density at radius 2 is 2.00 bits per heavy atom. The zero-order valence-corrected chi connectivity index (χ0v) is 13.6. The highest BCUT2D eigenvalue weighted by Gasteiger charge is 2.25. The Balaban J connectivity index is 2.06. The molecule has 0 aromatic heterocycles. The normalized spacial score (nSPS) is 15.6. The van der Waals surface area contributed by atoms with Gasteiger partial charge in [0.25, 0.3) is 11.6 Å². The minimum atomic E-state index is -0.998. The molecule has 8 heteroatoms. The summed E-state index contributed by atoms with van der Waals surface area (Å²) in [6.07, 6.45) is 2.99. The Bertz CT molecular complexity index is 639. The van der Waals surface area contributed by atoms with E-state index in [1.807, 2.05) is 0 Å². The number of carbonyl (C=O) groups excluding carboxylic acids is 2. The van der Waals surface area contributed by atoms with E-state index in [0.717, 1.165) is 31.7 Å². The number of nitro benzene ring substituents is 1. The summed E-state index contributed by atoms with van der Waals surface area (Å²) in [4.78, 5) is 34.5. The molecule has 8 nitrogen and oxygen atoms in total. The van der Waals surface area contributed by atoms with E-state index in [9.17, 15) is 19.7 Å². The second-order valence-electron chi connectivity index (χ2n) is 5.68. The number of benzene rings is 1. The predicted molar refractivity (Wildman–Crippen MR) is 84.9 cm³/mol. The molecule has 0 aliphatic heterocycles. The van der Waals surface area contributed by atoms with Gasteiger partial charge in [-0.3, -0.25) is 14.9 Å². The largest absolute Gasteiger partial charge is 0.496 e. The summed E-state index contributed by atoms with van der Waals surface area (Å²) in [5.41, 5.74) is -0.349. The van der Waals surface area contributed by atoms with Crippen LogP contribution in [0.3, 0.4) is 0 Å². The van der Waals surface area contributed by atoms with Crippen molar-refractivity contribution < 1.29 is 24.0 Å². The zero-order valence-electron chi connectivity index (χ0n) is 13.6. The molecule has 0 radical (unpaired) electrons. The lowest BCUT2D eigenvalue weighted by atomic mass is 10.1. The van der Waals surface area contributed by atoms with Crippen LogP contribution in [0.2, 0.25) is 0 Å². The molecule has 1 saturated carbocycles. The van der Waals surface area contributed by atoms with Gasteiger partial charge in [0.15, 0.2) is 6.10 Å². The molecule has 24 heavy (non-hydrogen) atoms. The lowest BCUT2D eigenvalue weighted by Gasteiger charge is -2.17. The van der Waals surface area contributed by atoms with Crippen LogP contribution in [0, 0.1) is 10.1 Å². The minimum Gasteiger partial charge on any atom is -0.496 e. The Kier molecular flexibility index (Phi) is 5.73. The number of esters is 1. The lowest BCUT2D eigenvalue weighted by Crippen LogP contribution is -2.40. The lowest BCUT2D eigenvalue weighted by molar-refractivity contribution is -0.384. The molecule has 1 aliphatic carbocycles. The van der Waals surface area contributed by atoms with Crippen LogP contribution in [0.25, 0.3) is 0 Å². The maximum atomic E-state index is 12.2. The Hall–Kier alpha value is -2.64. The van der Waals surface area contributed by atoms with E-state index in [-0.39, 0.29) is 28.9 Å². The molecule has 0 saturated heterocycles. The van der Waals surface area contributed by atoms with Gasteiger partial charge in [0, 0.05) is 18.2 Å². The first-order valence-corrected chi connectivity index (χ1v) is 7.76. The summed E-state index contributed by atoms with van der Waals surface area (Å²) >= 11 is 0. The van der Waals surface area contributed by atoms with Crippen LogP contribution in [0.1, 0.15) is 43.0 Å². The van der Waals surface area contributed by atoms with Crippen molar-refractivity contribution in [2.45, 2.75) is 44.8 Å². The smallest absolute Gasteiger partial charge is 0.342 e. The molecular formula is C16H20N2O6. The molecule has 1 aromatic carbocycles. The SMILES string of the molecule is COc1ccc([N+](=O)[O-])cc1C(=O)O[C@@H](C)C(=O)NC1CCCC1. The number of nitrogens with one attached hydrogen (secondary N) is 1. The number of amides is 1. The van der Waals surface area contributed by atoms with E-state index in [2.05, 4.69) is 5.32 Å². The van der Waals surface area contributed by atoms with Crippen LogP contribution in [0.15, 0.2) is 18.2 Å². The first-order chi connectivity index (χ1) is 11.4. The molecule has 1 atom stereocenters.